The summed E-state index contributed by atoms with van der Waals surface area (Å²) < 4.78 is 0. The number of thiocarbonyl (C=S) groups is 1. The highest BCUT2D eigenvalue weighted by Crippen LogP contribution is 2.20. The zero-order valence-corrected chi connectivity index (χ0v) is 15.7. The molecule has 3 nitrogen and oxygen atoms in total. The number of piperidine rings is 1. The molecule has 0 amide bonds. The molecule has 1 saturated heterocycles. The molecule has 0 aliphatic carbocycles. The van der Waals surface area contributed by atoms with Crippen LogP contribution in [0.2, 0.25) is 0 Å². The lowest BCUT2D eigenvalue weighted by molar-refractivity contribution is 0.578. The van der Waals surface area contributed by atoms with E-state index in [9.17, 15) is 0 Å². The van der Waals surface area contributed by atoms with Gasteiger partial charge in [-0.05, 0) is 73.3 Å². The average molecular weight is 354 g/mol. The normalized spacial score (nSPS) is 14.2. The van der Waals surface area contributed by atoms with Crippen LogP contribution in [0, 0.1) is 0 Å². The van der Waals surface area contributed by atoms with Crippen LogP contribution in [0.5, 0.6) is 0 Å². The van der Waals surface area contributed by atoms with Gasteiger partial charge in [-0.15, -0.1) is 0 Å². The summed E-state index contributed by atoms with van der Waals surface area (Å²) in [7, 11) is 0. The summed E-state index contributed by atoms with van der Waals surface area (Å²) in [4.78, 5) is 2.48. The number of rotatable bonds is 5. The number of anilines is 2. The minimum absolute atomic E-state index is 0.657. The molecule has 2 N–H and O–H groups in total. The monoisotopic (exact) mass is 353 g/mol. The highest BCUT2D eigenvalue weighted by molar-refractivity contribution is 7.80. The minimum Gasteiger partial charge on any atom is -0.372 e. The van der Waals surface area contributed by atoms with Gasteiger partial charge in [-0.3, -0.25) is 0 Å². The smallest absolute Gasteiger partial charge is 0.171 e. The molecule has 0 atom stereocenters. The van der Waals surface area contributed by atoms with E-state index in [1.807, 2.05) is 0 Å². The summed E-state index contributed by atoms with van der Waals surface area (Å²) in [5.41, 5.74) is 4.93. The van der Waals surface area contributed by atoms with Gasteiger partial charge < -0.3 is 15.5 Å². The lowest BCUT2D eigenvalue weighted by Crippen LogP contribution is -2.29. The number of nitrogens with zero attached hydrogens (tertiary/aromatic N) is 1. The first-order valence-electron chi connectivity index (χ1n) is 9.22. The average Bonchev–Trinajstić information content (AvgIpc) is 2.68. The van der Waals surface area contributed by atoms with Crippen molar-refractivity contribution >= 4 is 28.7 Å². The van der Waals surface area contributed by atoms with Crippen LogP contribution < -0.4 is 15.5 Å². The third kappa shape index (κ3) is 5.20. The standard InChI is InChI=1S/C21H27N3S/c1-2-17-6-10-19(11-7-17)23-21(25)22-16-18-8-12-20(13-9-18)24-14-4-3-5-15-24/h6-13H,2-5,14-16H2,1H3,(H2,22,23,25). The number of hydrogen-bond donors (Lipinski definition) is 2. The maximum Gasteiger partial charge on any atom is 0.171 e. The predicted octanol–water partition coefficient (Wildman–Crippen LogP) is 4.73. The van der Waals surface area contributed by atoms with E-state index in [1.165, 1.54) is 49.2 Å². The van der Waals surface area contributed by atoms with Gasteiger partial charge in [-0.25, -0.2) is 0 Å². The van der Waals surface area contributed by atoms with Crippen LogP contribution in [-0.4, -0.2) is 18.2 Å². The molecular weight excluding hydrogens is 326 g/mol. The van der Waals surface area contributed by atoms with Crippen LogP contribution >= 0.6 is 12.2 Å². The molecule has 0 bridgehead atoms. The molecule has 132 valence electrons. The Morgan fingerprint density at radius 2 is 1.56 bits per heavy atom. The molecule has 0 unspecified atom stereocenters. The Balaban J connectivity index is 1.47. The van der Waals surface area contributed by atoms with Gasteiger partial charge in [0, 0.05) is 31.0 Å². The Kier molecular flexibility index (Phi) is 6.29. The van der Waals surface area contributed by atoms with E-state index in [2.05, 4.69) is 71.0 Å². The van der Waals surface area contributed by atoms with E-state index in [4.69, 9.17) is 12.2 Å². The van der Waals surface area contributed by atoms with Crippen LogP contribution in [0.15, 0.2) is 48.5 Å². The van der Waals surface area contributed by atoms with Crippen molar-refractivity contribution in [2.45, 2.75) is 39.2 Å². The summed E-state index contributed by atoms with van der Waals surface area (Å²) in [6.45, 7) is 5.26. The van der Waals surface area contributed by atoms with Gasteiger partial charge >= 0.3 is 0 Å². The Hall–Kier alpha value is -2.07. The van der Waals surface area contributed by atoms with Gasteiger partial charge in [-0.1, -0.05) is 31.2 Å². The van der Waals surface area contributed by atoms with Gasteiger partial charge in [-0.2, -0.15) is 0 Å². The number of hydrogen-bond acceptors (Lipinski definition) is 2. The Bertz CT molecular complexity index is 673. The van der Waals surface area contributed by atoms with Crippen LogP contribution in [0.3, 0.4) is 0 Å². The SMILES string of the molecule is CCc1ccc(NC(=S)NCc2ccc(N3CCCCC3)cc2)cc1. The van der Waals surface area contributed by atoms with Crippen molar-refractivity contribution in [1.82, 2.24) is 5.32 Å². The second kappa shape index (κ2) is 8.86. The maximum atomic E-state index is 5.39. The topological polar surface area (TPSA) is 27.3 Å². The zero-order chi connectivity index (χ0) is 17.5. The highest BCUT2D eigenvalue weighted by Gasteiger charge is 2.10. The summed E-state index contributed by atoms with van der Waals surface area (Å²) in [5.74, 6) is 0. The molecule has 2 aromatic carbocycles. The molecule has 25 heavy (non-hydrogen) atoms. The molecule has 1 heterocycles. The highest BCUT2D eigenvalue weighted by atomic mass is 32.1. The van der Waals surface area contributed by atoms with Gasteiger partial charge in [0.2, 0.25) is 0 Å². The molecule has 0 saturated carbocycles. The van der Waals surface area contributed by atoms with Crippen LogP contribution in [-0.2, 0) is 13.0 Å². The van der Waals surface area contributed by atoms with Gasteiger partial charge in [0.25, 0.3) is 0 Å². The lowest BCUT2D eigenvalue weighted by Gasteiger charge is -2.28. The molecule has 1 aliphatic rings. The molecule has 1 aliphatic heterocycles. The summed E-state index contributed by atoms with van der Waals surface area (Å²) in [5, 5.41) is 7.18. The zero-order valence-electron chi connectivity index (χ0n) is 14.9. The molecule has 4 heteroatoms. The molecule has 3 rings (SSSR count). The third-order valence-corrected chi connectivity index (χ3v) is 4.98. The molecule has 0 radical (unpaired) electrons. The van der Waals surface area contributed by atoms with E-state index in [-0.39, 0.29) is 0 Å². The minimum atomic E-state index is 0.657. The molecule has 0 aromatic heterocycles. The van der Waals surface area contributed by atoms with Crippen molar-refractivity contribution in [3.8, 4) is 0 Å². The second-order valence-corrected chi connectivity index (χ2v) is 6.98. The number of benzene rings is 2. The lowest BCUT2D eigenvalue weighted by atomic mass is 10.1. The summed E-state index contributed by atoms with van der Waals surface area (Å²) >= 11 is 5.39. The van der Waals surface area contributed by atoms with Crippen LogP contribution in [0.1, 0.15) is 37.3 Å². The van der Waals surface area contributed by atoms with Gasteiger partial charge in [0.05, 0.1) is 0 Å². The van der Waals surface area contributed by atoms with Crippen molar-refractivity contribution < 1.29 is 0 Å². The van der Waals surface area contributed by atoms with E-state index in [1.54, 1.807) is 0 Å². The van der Waals surface area contributed by atoms with E-state index in [0.29, 0.717) is 5.11 Å². The fourth-order valence-corrected chi connectivity index (χ4v) is 3.35. The first kappa shape index (κ1) is 17.7. The quantitative estimate of drug-likeness (QED) is 0.760. The summed E-state index contributed by atoms with van der Waals surface area (Å²) in [6.07, 6.45) is 5.03. The molecular formula is C21H27N3S. The molecule has 1 fully saturated rings. The van der Waals surface area contributed by atoms with Crippen LogP contribution in [0.25, 0.3) is 0 Å². The Morgan fingerprint density at radius 3 is 2.20 bits per heavy atom. The number of aryl methyl sites for hydroxylation is 1. The second-order valence-electron chi connectivity index (χ2n) is 6.57. The van der Waals surface area contributed by atoms with Crippen molar-refractivity contribution in [2.75, 3.05) is 23.3 Å². The summed E-state index contributed by atoms with van der Waals surface area (Å²) in [6, 6.07) is 17.2. The Labute approximate surface area is 156 Å². The molecule has 2 aromatic rings. The van der Waals surface area contributed by atoms with Crippen molar-refractivity contribution in [1.29, 1.82) is 0 Å². The number of nitrogens with one attached hydrogen (secondary N) is 2. The van der Waals surface area contributed by atoms with E-state index < -0.39 is 0 Å². The largest absolute Gasteiger partial charge is 0.372 e. The van der Waals surface area contributed by atoms with Crippen molar-refractivity contribution in [2.24, 2.45) is 0 Å². The maximum absolute atomic E-state index is 5.39. The van der Waals surface area contributed by atoms with Crippen molar-refractivity contribution in [3.05, 3.63) is 59.7 Å². The van der Waals surface area contributed by atoms with Gasteiger partial charge in [0.15, 0.2) is 5.11 Å². The van der Waals surface area contributed by atoms with Crippen LogP contribution in [0.4, 0.5) is 11.4 Å². The Morgan fingerprint density at radius 1 is 0.920 bits per heavy atom. The van der Waals surface area contributed by atoms with E-state index >= 15 is 0 Å². The fraction of sp³-hybridized carbons (Fsp3) is 0.381. The first-order chi connectivity index (χ1) is 12.2. The third-order valence-electron chi connectivity index (χ3n) is 4.73. The fourth-order valence-electron chi connectivity index (χ4n) is 3.16. The van der Waals surface area contributed by atoms with Crippen molar-refractivity contribution in [3.63, 3.8) is 0 Å². The first-order valence-corrected chi connectivity index (χ1v) is 9.63. The molecule has 0 spiro atoms. The van der Waals surface area contributed by atoms with Gasteiger partial charge in [0.1, 0.15) is 0 Å². The van der Waals surface area contributed by atoms with E-state index in [0.717, 1.165) is 18.7 Å². The predicted molar refractivity (Wildman–Crippen MR) is 111 cm³/mol.